The monoisotopic (exact) mass is 344 g/mol. The number of benzene rings is 1. The number of hydrogen-bond donors (Lipinski definition) is 1. The van der Waals surface area contributed by atoms with Crippen LogP contribution < -0.4 is 4.74 Å². The van der Waals surface area contributed by atoms with Crippen LogP contribution >= 0.6 is 0 Å². The highest BCUT2D eigenvalue weighted by atomic mass is 16.5. The van der Waals surface area contributed by atoms with Crippen molar-refractivity contribution in [3.05, 3.63) is 52.3 Å². The SMILES string of the molecule is COC(=O)c1c(C)[nH]c(C(=O)N(C)CCOc2ccccc2C)c1C. The Labute approximate surface area is 147 Å². The number of aryl methyl sites for hydroxylation is 2. The summed E-state index contributed by atoms with van der Waals surface area (Å²) in [5.41, 5.74) is 3.08. The van der Waals surface area contributed by atoms with Gasteiger partial charge in [-0.1, -0.05) is 18.2 Å². The molecule has 0 unspecified atom stereocenters. The molecule has 2 aromatic rings. The van der Waals surface area contributed by atoms with Gasteiger partial charge in [-0.15, -0.1) is 0 Å². The van der Waals surface area contributed by atoms with Crippen LogP contribution in [0.3, 0.4) is 0 Å². The Morgan fingerprint density at radius 3 is 2.48 bits per heavy atom. The van der Waals surface area contributed by atoms with Crippen molar-refractivity contribution in [3.63, 3.8) is 0 Å². The first-order chi connectivity index (χ1) is 11.9. The second-order valence-electron chi connectivity index (χ2n) is 5.96. The van der Waals surface area contributed by atoms with Crippen LogP contribution in [0.5, 0.6) is 5.75 Å². The van der Waals surface area contributed by atoms with Crippen LogP contribution in [0.25, 0.3) is 0 Å². The van der Waals surface area contributed by atoms with Crippen molar-refractivity contribution in [2.75, 3.05) is 27.3 Å². The number of amides is 1. The van der Waals surface area contributed by atoms with E-state index in [-0.39, 0.29) is 5.91 Å². The van der Waals surface area contributed by atoms with Crippen molar-refractivity contribution in [1.82, 2.24) is 9.88 Å². The van der Waals surface area contributed by atoms with Crippen molar-refractivity contribution >= 4 is 11.9 Å². The van der Waals surface area contributed by atoms with Gasteiger partial charge in [-0.2, -0.15) is 0 Å². The molecule has 1 aromatic heterocycles. The van der Waals surface area contributed by atoms with Crippen molar-refractivity contribution in [2.45, 2.75) is 20.8 Å². The number of para-hydroxylation sites is 1. The quantitative estimate of drug-likeness (QED) is 0.818. The maximum atomic E-state index is 12.6. The summed E-state index contributed by atoms with van der Waals surface area (Å²) in [6.07, 6.45) is 0. The molecule has 0 saturated carbocycles. The number of H-pyrrole nitrogens is 1. The lowest BCUT2D eigenvalue weighted by Gasteiger charge is -2.18. The van der Waals surface area contributed by atoms with E-state index in [1.54, 1.807) is 25.8 Å². The van der Waals surface area contributed by atoms with Gasteiger partial charge in [0.05, 0.1) is 19.2 Å². The number of carbonyl (C=O) groups excluding carboxylic acids is 2. The molecule has 1 amide bonds. The van der Waals surface area contributed by atoms with Gasteiger partial charge in [0.2, 0.25) is 0 Å². The number of esters is 1. The van der Waals surface area contributed by atoms with Crippen molar-refractivity contribution < 1.29 is 19.1 Å². The lowest BCUT2D eigenvalue weighted by Crippen LogP contribution is -2.31. The molecule has 0 radical (unpaired) electrons. The first-order valence-corrected chi connectivity index (χ1v) is 8.08. The molecular weight excluding hydrogens is 320 g/mol. The van der Waals surface area contributed by atoms with Gasteiger partial charge in [-0.3, -0.25) is 4.79 Å². The van der Waals surface area contributed by atoms with Crippen LogP contribution in [0.4, 0.5) is 0 Å². The lowest BCUT2D eigenvalue weighted by atomic mass is 10.1. The van der Waals surface area contributed by atoms with Crippen molar-refractivity contribution in [2.24, 2.45) is 0 Å². The summed E-state index contributed by atoms with van der Waals surface area (Å²) in [6, 6.07) is 7.74. The highest BCUT2D eigenvalue weighted by Crippen LogP contribution is 2.20. The second-order valence-corrected chi connectivity index (χ2v) is 5.96. The number of likely N-dealkylation sites (N-methyl/N-ethyl adjacent to an activating group) is 1. The van der Waals surface area contributed by atoms with Gasteiger partial charge >= 0.3 is 5.97 Å². The largest absolute Gasteiger partial charge is 0.491 e. The molecule has 1 heterocycles. The van der Waals surface area contributed by atoms with Crippen LogP contribution in [0.1, 0.15) is 37.7 Å². The molecule has 0 aliphatic rings. The fourth-order valence-corrected chi connectivity index (χ4v) is 2.68. The zero-order chi connectivity index (χ0) is 18.6. The number of nitrogens with zero attached hydrogens (tertiary/aromatic N) is 1. The minimum Gasteiger partial charge on any atom is -0.491 e. The number of aromatic amines is 1. The maximum absolute atomic E-state index is 12.6. The average Bonchev–Trinajstić information content (AvgIpc) is 2.89. The van der Waals surface area contributed by atoms with Gasteiger partial charge in [0.15, 0.2) is 0 Å². The van der Waals surface area contributed by atoms with E-state index >= 15 is 0 Å². The predicted molar refractivity (Wildman–Crippen MR) is 95.2 cm³/mol. The molecule has 0 fully saturated rings. The van der Waals surface area contributed by atoms with Gasteiger partial charge in [0.25, 0.3) is 5.91 Å². The smallest absolute Gasteiger partial charge is 0.339 e. The Kier molecular flexibility index (Phi) is 5.85. The minimum atomic E-state index is -0.448. The topological polar surface area (TPSA) is 71.6 Å². The van der Waals surface area contributed by atoms with E-state index in [2.05, 4.69) is 4.98 Å². The van der Waals surface area contributed by atoms with E-state index in [1.165, 1.54) is 7.11 Å². The zero-order valence-electron chi connectivity index (χ0n) is 15.3. The minimum absolute atomic E-state index is 0.191. The van der Waals surface area contributed by atoms with E-state index in [0.717, 1.165) is 11.3 Å². The Hall–Kier alpha value is -2.76. The van der Waals surface area contributed by atoms with Gasteiger partial charge in [-0.05, 0) is 38.0 Å². The van der Waals surface area contributed by atoms with Crippen LogP contribution in [0.2, 0.25) is 0 Å². The molecule has 0 spiro atoms. The normalized spacial score (nSPS) is 10.4. The summed E-state index contributed by atoms with van der Waals surface area (Å²) >= 11 is 0. The maximum Gasteiger partial charge on any atom is 0.339 e. The number of carbonyl (C=O) groups is 2. The third-order valence-corrected chi connectivity index (χ3v) is 4.17. The molecular formula is C19H24N2O4. The summed E-state index contributed by atoms with van der Waals surface area (Å²) < 4.78 is 10.5. The molecule has 0 atom stereocenters. The third-order valence-electron chi connectivity index (χ3n) is 4.17. The van der Waals surface area contributed by atoms with E-state index in [1.807, 2.05) is 31.2 Å². The first-order valence-electron chi connectivity index (χ1n) is 8.08. The number of hydrogen-bond acceptors (Lipinski definition) is 4. The van der Waals surface area contributed by atoms with Crippen molar-refractivity contribution in [1.29, 1.82) is 0 Å². The molecule has 25 heavy (non-hydrogen) atoms. The van der Waals surface area contributed by atoms with Crippen LogP contribution in [-0.4, -0.2) is 49.1 Å². The molecule has 0 saturated heterocycles. The molecule has 1 aromatic carbocycles. The molecule has 134 valence electrons. The van der Waals surface area contributed by atoms with Gasteiger partial charge in [-0.25, -0.2) is 4.79 Å². The average molecular weight is 344 g/mol. The fraction of sp³-hybridized carbons (Fsp3) is 0.368. The van der Waals surface area contributed by atoms with Crippen LogP contribution in [0, 0.1) is 20.8 Å². The van der Waals surface area contributed by atoms with Gasteiger partial charge in [0.1, 0.15) is 18.1 Å². The molecule has 0 bridgehead atoms. The van der Waals surface area contributed by atoms with E-state index in [0.29, 0.717) is 35.7 Å². The van der Waals surface area contributed by atoms with Crippen LogP contribution in [0.15, 0.2) is 24.3 Å². The molecule has 6 nitrogen and oxygen atoms in total. The summed E-state index contributed by atoms with van der Waals surface area (Å²) in [6.45, 7) is 6.27. The number of rotatable bonds is 6. The standard InChI is InChI=1S/C19H24N2O4/c1-12-8-6-7-9-15(12)25-11-10-21(4)18(22)17-13(2)16(14(3)20-17)19(23)24-5/h6-9,20H,10-11H2,1-5H3. The van der Waals surface area contributed by atoms with E-state index in [4.69, 9.17) is 9.47 Å². The van der Waals surface area contributed by atoms with E-state index < -0.39 is 5.97 Å². The number of methoxy groups -OCH3 is 1. The molecule has 1 N–H and O–H groups in total. The fourth-order valence-electron chi connectivity index (χ4n) is 2.68. The highest BCUT2D eigenvalue weighted by Gasteiger charge is 2.24. The van der Waals surface area contributed by atoms with Crippen LogP contribution in [-0.2, 0) is 4.74 Å². The second kappa shape index (κ2) is 7.88. The number of aromatic nitrogens is 1. The molecule has 6 heteroatoms. The lowest BCUT2D eigenvalue weighted by molar-refractivity contribution is 0.0599. The summed E-state index contributed by atoms with van der Waals surface area (Å²) in [7, 11) is 3.03. The highest BCUT2D eigenvalue weighted by molar-refractivity contribution is 6.00. The number of ether oxygens (including phenoxy) is 2. The van der Waals surface area contributed by atoms with Crippen molar-refractivity contribution in [3.8, 4) is 5.75 Å². The predicted octanol–water partition coefficient (Wildman–Crippen LogP) is 2.88. The Bertz CT molecular complexity index is 780. The molecule has 2 rings (SSSR count). The van der Waals surface area contributed by atoms with Gasteiger partial charge in [0, 0.05) is 12.7 Å². The summed E-state index contributed by atoms with van der Waals surface area (Å²) in [4.78, 5) is 29.0. The molecule has 0 aliphatic carbocycles. The summed E-state index contributed by atoms with van der Waals surface area (Å²) in [5.74, 6) is 0.170. The Morgan fingerprint density at radius 1 is 1.16 bits per heavy atom. The Balaban J connectivity index is 2.03. The Morgan fingerprint density at radius 2 is 1.84 bits per heavy atom. The first kappa shape index (κ1) is 18.6. The molecule has 0 aliphatic heterocycles. The van der Waals surface area contributed by atoms with Gasteiger partial charge < -0.3 is 19.4 Å². The summed E-state index contributed by atoms with van der Waals surface area (Å²) in [5, 5.41) is 0. The number of nitrogens with one attached hydrogen (secondary N) is 1. The van der Waals surface area contributed by atoms with E-state index in [9.17, 15) is 9.59 Å². The zero-order valence-corrected chi connectivity index (χ0v) is 15.3. The third kappa shape index (κ3) is 4.02.